The second-order valence-electron chi connectivity index (χ2n) is 6.38. The molecule has 0 radical (unpaired) electrons. The minimum atomic E-state index is -1.39. The van der Waals surface area contributed by atoms with Crippen molar-refractivity contribution in [2.75, 3.05) is 13.1 Å². The van der Waals surface area contributed by atoms with E-state index in [9.17, 15) is 23.1 Å². The molecule has 22 heavy (non-hydrogen) atoms. The lowest BCUT2D eigenvalue weighted by Gasteiger charge is -2.42. The first kappa shape index (κ1) is 16.6. The van der Waals surface area contributed by atoms with Gasteiger partial charge in [-0.15, -0.1) is 0 Å². The maximum atomic E-state index is 13.6. The van der Waals surface area contributed by atoms with E-state index in [0.717, 1.165) is 6.07 Å². The van der Waals surface area contributed by atoms with Crippen molar-refractivity contribution in [1.29, 1.82) is 0 Å². The van der Waals surface area contributed by atoms with Gasteiger partial charge in [-0.1, -0.05) is 0 Å². The Morgan fingerprint density at radius 2 is 1.91 bits per heavy atom. The summed E-state index contributed by atoms with van der Waals surface area (Å²) in [6.07, 6.45) is -1.93. The summed E-state index contributed by atoms with van der Waals surface area (Å²) >= 11 is 0. The molecule has 1 amide bonds. The maximum absolute atomic E-state index is 13.6. The highest BCUT2D eigenvalue weighted by Crippen LogP contribution is 2.33. The number of amides is 1. The van der Waals surface area contributed by atoms with Gasteiger partial charge in [0.25, 0.3) is 0 Å². The Kier molecular flexibility index (Phi) is 4.37. The third-order valence-electron chi connectivity index (χ3n) is 3.35. The molecule has 1 aromatic carbocycles. The molecule has 4 nitrogen and oxygen atoms in total. The van der Waals surface area contributed by atoms with Gasteiger partial charge in [-0.3, -0.25) is 0 Å². The van der Waals surface area contributed by atoms with Crippen LogP contribution in [0.1, 0.15) is 32.4 Å². The number of likely N-dealkylation sites (tertiary alicyclic amines) is 1. The quantitative estimate of drug-likeness (QED) is 0.853. The van der Waals surface area contributed by atoms with Crippen LogP contribution in [-0.2, 0) is 4.74 Å². The number of halogens is 3. The number of carbonyl (C=O) groups excluding carboxylic acids is 1. The lowest BCUT2D eigenvalue weighted by atomic mass is 9.89. The molecule has 1 saturated heterocycles. The van der Waals surface area contributed by atoms with Gasteiger partial charge < -0.3 is 14.7 Å². The zero-order chi connectivity index (χ0) is 16.7. The van der Waals surface area contributed by atoms with Crippen molar-refractivity contribution < 1.29 is 27.8 Å². The molecule has 7 heteroatoms. The summed E-state index contributed by atoms with van der Waals surface area (Å²) in [5, 5.41) is 10.1. The van der Waals surface area contributed by atoms with Gasteiger partial charge in [0.2, 0.25) is 0 Å². The van der Waals surface area contributed by atoms with Crippen LogP contribution in [0.5, 0.6) is 0 Å². The van der Waals surface area contributed by atoms with E-state index in [1.54, 1.807) is 20.8 Å². The molecule has 0 aliphatic carbocycles. The van der Waals surface area contributed by atoms with E-state index in [1.807, 2.05) is 0 Å². The fourth-order valence-corrected chi connectivity index (χ4v) is 2.23. The highest BCUT2D eigenvalue weighted by atomic mass is 19.2. The highest BCUT2D eigenvalue weighted by Gasteiger charge is 2.39. The van der Waals surface area contributed by atoms with Gasteiger partial charge in [0.05, 0.1) is 6.10 Å². The van der Waals surface area contributed by atoms with Crippen LogP contribution < -0.4 is 0 Å². The Morgan fingerprint density at radius 3 is 2.45 bits per heavy atom. The van der Waals surface area contributed by atoms with E-state index in [2.05, 4.69) is 0 Å². The zero-order valence-corrected chi connectivity index (χ0v) is 12.6. The number of benzene rings is 1. The van der Waals surface area contributed by atoms with E-state index in [1.165, 1.54) is 4.90 Å². The minimum Gasteiger partial charge on any atom is -0.444 e. The second-order valence-corrected chi connectivity index (χ2v) is 6.38. The van der Waals surface area contributed by atoms with Gasteiger partial charge in [-0.05, 0) is 26.8 Å². The van der Waals surface area contributed by atoms with Crippen LogP contribution in [0.25, 0.3) is 0 Å². The molecular weight excluding hydrogens is 299 g/mol. The van der Waals surface area contributed by atoms with E-state index < -0.39 is 46.7 Å². The number of rotatable bonds is 2. The summed E-state index contributed by atoms with van der Waals surface area (Å²) < 4.78 is 45.1. The van der Waals surface area contributed by atoms with Crippen molar-refractivity contribution >= 4 is 6.09 Å². The Morgan fingerprint density at radius 1 is 1.32 bits per heavy atom. The molecule has 0 spiro atoms. The van der Waals surface area contributed by atoms with Crippen LogP contribution in [0.2, 0.25) is 0 Å². The van der Waals surface area contributed by atoms with Crippen molar-refractivity contribution in [1.82, 2.24) is 4.90 Å². The highest BCUT2D eigenvalue weighted by molar-refractivity contribution is 5.69. The average molecular weight is 317 g/mol. The average Bonchev–Trinajstić information content (AvgIpc) is 2.29. The van der Waals surface area contributed by atoms with Crippen LogP contribution in [0.3, 0.4) is 0 Å². The van der Waals surface area contributed by atoms with E-state index in [-0.39, 0.29) is 13.1 Å². The van der Waals surface area contributed by atoms with E-state index in [4.69, 9.17) is 4.74 Å². The van der Waals surface area contributed by atoms with Crippen molar-refractivity contribution in [3.63, 3.8) is 0 Å². The third-order valence-corrected chi connectivity index (χ3v) is 3.35. The van der Waals surface area contributed by atoms with Crippen LogP contribution in [0.4, 0.5) is 18.0 Å². The SMILES string of the molecule is CC(C)(C)OC(=O)N1CC(C(O)c2cc(F)cc(F)c2F)C1. The van der Waals surface area contributed by atoms with Crippen molar-refractivity contribution in [3.05, 3.63) is 35.1 Å². The molecule has 1 atom stereocenters. The molecule has 1 aromatic rings. The fraction of sp³-hybridized carbons (Fsp3) is 0.533. The summed E-state index contributed by atoms with van der Waals surface area (Å²) in [4.78, 5) is 13.1. The lowest BCUT2D eigenvalue weighted by molar-refractivity contribution is -0.0323. The molecule has 1 fully saturated rings. The number of ether oxygens (including phenoxy) is 1. The smallest absolute Gasteiger partial charge is 0.410 e. The first-order valence-electron chi connectivity index (χ1n) is 6.89. The van der Waals surface area contributed by atoms with Gasteiger partial charge >= 0.3 is 6.09 Å². The Hall–Kier alpha value is -1.76. The molecule has 2 rings (SSSR count). The molecule has 122 valence electrons. The number of hydrogen-bond donors (Lipinski definition) is 1. The first-order valence-corrected chi connectivity index (χ1v) is 6.89. The Bertz CT molecular complexity index is 580. The number of aliphatic hydroxyl groups excluding tert-OH is 1. The molecule has 1 unspecified atom stereocenters. The molecule has 1 N–H and O–H groups in total. The fourth-order valence-electron chi connectivity index (χ4n) is 2.23. The number of hydrogen-bond acceptors (Lipinski definition) is 3. The standard InChI is InChI=1S/C15H18F3NO3/c1-15(2,3)22-14(21)19-6-8(7-19)13(20)10-4-9(16)5-11(17)12(10)18/h4-5,8,13,20H,6-7H2,1-3H3. The number of nitrogens with zero attached hydrogens (tertiary/aromatic N) is 1. The monoisotopic (exact) mass is 317 g/mol. The molecule has 0 bridgehead atoms. The third kappa shape index (κ3) is 3.52. The van der Waals surface area contributed by atoms with Gasteiger partial charge in [-0.2, -0.15) is 0 Å². The van der Waals surface area contributed by atoms with Crippen LogP contribution in [-0.4, -0.2) is 34.8 Å². The zero-order valence-electron chi connectivity index (χ0n) is 12.6. The number of carbonyl (C=O) groups is 1. The summed E-state index contributed by atoms with van der Waals surface area (Å²) in [6.45, 7) is 5.44. The molecule has 1 heterocycles. The molecule has 1 aliphatic heterocycles. The predicted octanol–water partition coefficient (Wildman–Crippen LogP) is 3.00. The first-order chi connectivity index (χ1) is 10.1. The maximum Gasteiger partial charge on any atom is 0.410 e. The Labute approximate surface area is 126 Å². The largest absolute Gasteiger partial charge is 0.444 e. The van der Waals surface area contributed by atoms with Gasteiger partial charge in [0.1, 0.15) is 11.4 Å². The van der Waals surface area contributed by atoms with Gasteiger partial charge in [0.15, 0.2) is 11.6 Å². The molecule has 1 aliphatic rings. The lowest BCUT2D eigenvalue weighted by Crippen LogP contribution is -2.53. The summed E-state index contributed by atoms with van der Waals surface area (Å²) in [7, 11) is 0. The summed E-state index contributed by atoms with van der Waals surface area (Å²) in [5.41, 5.74) is -1.08. The molecular formula is C15H18F3NO3. The van der Waals surface area contributed by atoms with Crippen LogP contribution >= 0.6 is 0 Å². The normalized spacial score (nSPS) is 17.1. The van der Waals surface area contributed by atoms with E-state index in [0.29, 0.717) is 6.07 Å². The van der Waals surface area contributed by atoms with Crippen molar-refractivity contribution in [2.45, 2.75) is 32.5 Å². The second kappa shape index (κ2) is 5.79. The summed E-state index contributed by atoms with van der Waals surface area (Å²) in [6, 6.07) is 1.18. The topological polar surface area (TPSA) is 49.8 Å². The summed E-state index contributed by atoms with van der Waals surface area (Å²) in [5.74, 6) is -4.08. The van der Waals surface area contributed by atoms with E-state index >= 15 is 0 Å². The van der Waals surface area contributed by atoms with Gasteiger partial charge in [-0.25, -0.2) is 18.0 Å². The van der Waals surface area contributed by atoms with Crippen LogP contribution in [0, 0.1) is 23.4 Å². The number of aliphatic hydroxyl groups is 1. The van der Waals surface area contributed by atoms with Gasteiger partial charge in [0, 0.05) is 30.6 Å². The Balaban J connectivity index is 2.00. The predicted molar refractivity (Wildman–Crippen MR) is 72.6 cm³/mol. The molecule has 0 aromatic heterocycles. The van der Waals surface area contributed by atoms with Crippen molar-refractivity contribution in [2.24, 2.45) is 5.92 Å². The van der Waals surface area contributed by atoms with Crippen LogP contribution in [0.15, 0.2) is 12.1 Å². The van der Waals surface area contributed by atoms with Crippen molar-refractivity contribution in [3.8, 4) is 0 Å². The minimum absolute atomic E-state index is 0.133. The molecule has 0 saturated carbocycles.